The largest absolute Gasteiger partial charge is 0.467 e. The molecule has 196 valence electrons. The lowest BCUT2D eigenvalue weighted by molar-refractivity contribution is -0.141. The number of nitrogens with one attached hydrogen (secondary N) is 1. The maximum atomic E-state index is 12.6. The maximum absolute atomic E-state index is 12.6. The van der Waals surface area contributed by atoms with Gasteiger partial charge in [-0.1, -0.05) is 41.9 Å². The molecule has 0 radical (unpaired) electrons. The smallest absolute Gasteiger partial charge is 0.328 e. The molecule has 38 heavy (non-hydrogen) atoms. The Hall–Kier alpha value is -3.91. The van der Waals surface area contributed by atoms with E-state index in [2.05, 4.69) is 10.3 Å². The number of methoxy groups -OCH3 is 1. The number of aromatic nitrogens is 1. The Labute approximate surface area is 224 Å². The number of carbonyl (C=O) groups is 1. The monoisotopic (exact) mass is 533 g/mol. The normalized spacial score (nSPS) is 18.1. The minimum absolute atomic E-state index is 0.143. The van der Waals surface area contributed by atoms with Gasteiger partial charge in [0.2, 0.25) is 5.88 Å². The molecule has 1 N–H and O–H groups in total. The van der Waals surface area contributed by atoms with Crippen LogP contribution in [0.3, 0.4) is 0 Å². The highest BCUT2D eigenvalue weighted by molar-refractivity contribution is 6.30. The Balaban J connectivity index is 1.35. The third-order valence-corrected chi connectivity index (χ3v) is 7.35. The van der Waals surface area contributed by atoms with Gasteiger partial charge in [0, 0.05) is 23.9 Å². The number of carbonyl (C=O) groups excluding carboxylic acids is 1. The molecule has 1 saturated heterocycles. The van der Waals surface area contributed by atoms with Crippen molar-refractivity contribution in [2.24, 2.45) is 0 Å². The van der Waals surface area contributed by atoms with Crippen LogP contribution in [0.2, 0.25) is 5.15 Å². The summed E-state index contributed by atoms with van der Waals surface area (Å²) in [6.07, 6.45) is 2.12. The number of hydrogen-bond donors (Lipinski definition) is 1. The first kappa shape index (κ1) is 25.7. The number of halogens is 1. The second kappa shape index (κ2) is 10.5. The third-order valence-electron chi connectivity index (χ3n) is 7.15. The molecule has 1 aliphatic rings. The molecule has 3 aromatic carbocycles. The maximum Gasteiger partial charge on any atom is 0.328 e. The fourth-order valence-corrected chi connectivity index (χ4v) is 5.35. The van der Waals surface area contributed by atoms with Crippen molar-refractivity contribution in [3.63, 3.8) is 0 Å². The Bertz CT molecular complexity index is 1550. The predicted molar refractivity (Wildman–Crippen MR) is 148 cm³/mol. The molecule has 0 saturated carbocycles. The van der Waals surface area contributed by atoms with E-state index in [1.54, 1.807) is 18.2 Å². The minimum atomic E-state index is -0.847. The summed E-state index contributed by atoms with van der Waals surface area (Å²) in [5.74, 6) is 0.424. The molecule has 4 aromatic rings. The zero-order chi connectivity index (χ0) is 27.0. The molecule has 0 amide bonds. The first-order chi connectivity index (χ1) is 18.3. The van der Waals surface area contributed by atoms with Crippen molar-refractivity contribution in [3.8, 4) is 11.6 Å². The highest BCUT2D eigenvalue weighted by Crippen LogP contribution is 2.33. The number of fused-ring (bicyclic) bond motifs is 1. The Morgan fingerprint density at radius 3 is 2.45 bits per heavy atom. The van der Waals surface area contributed by atoms with Gasteiger partial charge < -0.3 is 19.7 Å². The van der Waals surface area contributed by atoms with E-state index in [0.29, 0.717) is 22.5 Å². The number of pyridine rings is 1. The van der Waals surface area contributed by atoms with Crippen LogP contribution in [0.25, 0.3) is 10.8 Å². The molecule has 3 atom stereocenters. The summed E-state index contributed by atoms with van der Waals surface area (Å²) in [7, 11) is 1.30. The summed E-state index contributed by atoms with van der Waals surface area (Å²) in [6.45, 7) is 4.07. The second-order valence-corrected chi connectivity index (χ2v) is 10.1. The zero-order valence-corrected chi connectivity index (χ0v) is 22.1. The number of benzene rings is 2. The van der Waals surface area contributed by atoms with Gasteiger partial charge in [-0.3, -0.25) is 9.59 Å². The fourth-order valence-electron chi connectivity index (χ4n) is 5.16. The molecule has 1 fully saturated rings. The van der Waals surface area contributed by atoms with E-state index in [0.717, 1.165) is 29.2 Å². The molecule has 1 aliphatic heterocycles. The molecule has 1 aromatic heterocycles. The quantitative estimate of drug-likeness (QED) is 0.195. The second-order valence-electron chi connectivity index (χ2n) is 9.71. The van der Waals surface area contributed by atoms with Gasteiger partial charge in [-0.15, -0.1) is 0 Å². The van der Waals surface area contributed by atoms with E-state index in [4.69, 9.17) is 21.1 Å². The van der Waals surface area contributed by atoms with Crippen LogP contribution in [0, 0.1) is 0 Å². The highest BCUT2D eigenvalue weighted by Gasteiger charge is 2.37. The van der Waals surface area contributed by atoms with Gasteiger partial charge in [0.1, 0.15) is 28.3 Å². The topological polar surface area (TPSA) is 97.8 Å². The number of esters is 1. The molecular weight excluding hydrogens is 506 g/mol. The van der Waals surface area contributed by atoms with Crippen LogP contribution < -0.4 is 25.8 Å². The van der Waals surface area contributed by atoms with Crippen molar-refractivity contribution in [3.05, 3.63) is 85.8 Å². The number of nitrogens with zero attached hydrogens (tertiary/aromatic N) is 2. The standard InChI is InChI=1S/C29H28ClN3O5/c1-16-8-9-17(2)33(16)25-24(26(34)27(25)35)31-22(29(36)37-3)14-18-10-12-20(13-11-18)38-28-21-7-5-4-6-19(21)15-23(30)32-28/h4-7,10-13,15-17,22,31H,8-9,14H2,1-3H3/t16?,17?,22-/m0/s1. The molecule has 8 nitrogen and oxygen atoms in total. The number of rotatable bonds is 8. The van der Waals surface area contributed by atoms with Gasteiger partial charge in [0.05, 0.1) is 7.11 Å². The number of anilines is 2. The summed E-state index contributed by atoms with van der Waals surface area (Å²) in [5.41, 5.74) is 0.245. The van der Waals surface area contributed by atoms with E-state index in [1.807, 2.05) is 55.1 Å². The fraction of sp³-hybridized carbons (Fsp3) is 0.310. The zero-order valence-electron chi connectivity index (χ0n) is 21.4. The Morgan fingerprint density at radius 1 is 1.08 bits per heavy atom. The molecular formula is C29H28ClN3O5. The van der Waals surface area contributed by atoms with Crippen LogP contribution in [0.1, 0.15) is 32.3 Å². The van der Waals surface area contributed by atoms with Crippen molar-refractivity contribution >= 4 is 39.7 Å². The van der Waals surface area contributed by atoms with Crippen molar-refractivity contribution in [2.75, 3.05) is 17.3 Å². The molecule has 5 rings (SSSR count). The lowest BCUT2D eigenvalue weighted by Gasteiger charge is -2.32. The minimum Gasteiger partial charge on any atom is -0.467 e. The molecule has 2 unspecified atom stereocenters. The first-order valence-corrected chi connectivity index (χ1v) is 12.9. The molecule has 9 heteroatoms. The molecule has 0 spiro atoms. The molecule has 2 heterocycles. The van der Waals surface area contributed by atoms with Crippen LogP contribution >= 0.6 is 11.6 Å². The summed E-state index contributed by atoms with van der Waals surface area (Å²) in [4.78, 5) is 43.9. The van der Waals surface area contributed by atoms with Crippen LogP contribution in [-0.4, -0.2) is 36.2 Å². The molecule has 0 aliphatic carbocycles. The summed E-state index contributed by atoms with van der Waals surface area (Å²) >= 11 is 6.17. The van der Waals surface area contributed by atoms with Gasteiger partial charge in [0.15, 0.2) is 0 Å². The average Bonchev–Trinajstić information content (AvgIpc) is 3.24. The summed E-state index contributed by atoms with van der Waals surface area (Å²) in [5, 5.41) is 5.10. The average molecular weight is 534 g/mol. The van der Waals surface area contributed by atoms with E-state index < -0.39 is 22.9 Å². The first-order valence-electron chi connectivity index (χ1n) is 12.5. The highest BCUT2D eigenvalue weighted by atomic mass is 35.5. The lowest BCUT2D eigenvalue weighted by Crippen LogP contribution is -2.48. The number of ether oxygens (including phenoxy) is 2. The number of hydrogen-bond acceptors (Lipinski definition) is 8. The molecule has 0 bridgehead atoms. The summed E-state index contributed by atoms with van der Waals surface area (Å²) < 4.78 is 11.0. The van der Waals surface area contributed by atoms with Crippen molar-refractivity contribution in [1.82, 2.24) is 4.98 Å². The summed E-state index contributed by atoms with van der Waals surface area (Å²) in [6, 6.07) is 16.1. The lowest BCUT2D eigenvalue weighted by atomic mass is 10.0. The van der Waals surface area contributed by atoms with Crippen LogP contribution in [0.4, 0.5) is 11.4 Å². The Morgan fingerprint density at radius 2 is 1.76 bits per heavy atom. The van der Waals surface area contributed by atoms with Crippen LogP contribution in [-0.2, 0) is 16.0 Å². The SMILES string of the molecule is COC(=O)[C@H](Cc1ccc(Oc2nc(Cl)cc3ccccc23)cc1)Nc1c(N2C(C)CCC2C)c(=O)c1=O. The predicted octanol–water partition coefficient (Wildman–Crippen LogP) is 4.85. The Kier molecular flexibility index (Phi) is 7.08. The van der Waals surface area contributed by atoms with E-state index >= 15 is 0 Å². The van der Waals surface area contributed by atoms with Gasteiger partial charge in [0.25, 0.3) is 10.9 Å². The van der Waals surface area contributed by atoms with Crippen LogP contribution in [0.5, 0.6) is 11.6 Å². The van der Waals surface area contributed by atoms with Gasteiger partial charge in [-0.25, -0.2) is 9.78 Å². The van der Waals surface area contributed by atoms with E-state index in [-0.39, 0.29) is 24.2 Å². The third kappa shape index (κ3) is 4.84. The van der Waals surface area contributed by atoms with Gasteiger partial charge in [-0.2, -0.15) is 0 Å². The van der Waals surface area contributed by atoms with Crippen molar-refractivity contribution in [2.45, 2.75) is 51.2 Å². The van der Waals surface area contributed by atoms with Crippen LogP contribution in [0.15, 0.2) is 64.2 Å². The van der Waals surface area contributed by atoms with E-state index in [1.165, 1.54) is 7.11 Å². The van der Waals surface area contributed by atoms with Crippen molar-refractivity contribution < 1.29 is 14.3 Å². The van der Waals surface area contributed by atoms with Gasteiger partial charge in [-0.05, 0) is 61.9 Å². The van der Waals surface area contributed by atoms with Gasteiger partial charge >= 0.3 is 5.97 Å². The van der Waals surface area contributed by atoms with Crippen molar-refractivity contribution in [1.29, 1.82) is 0 Å². The van der Waals surface area contributed by atoms with E-state index in [9.17, 15) is 14.4 Å².